The summed E-state index contributed by atoms with van der Waals surface area (Å²) in [5.74, 6) is 0.330. The van der Waals surface area contributed by atoms with Gasteiger partial charge >= 0.3 is 5.97 Å². The molecule has 2 atom stereocenters. The average Bonchev–Trinajstić information content (AvgIpc) is 2.56. The molecule has 0 spiro atoms. The highest BCUT2D eigenvalue weighted by molar-refractivity contribution is 5.75. The van der Waals surface area contributed by atoms with E-state index in [0.717, 1.165) is 17.5 Å². The Balaban J connectivity index is 1.99. The maximum Gasteiger partial charge on any atom is 0.347 e. The van der Waals surface area contributed by atoms with E-state index < -0.39 is 6.10 Å². The molecule has 0 aliphatic carbocycles. The fraction of sp³-hybridized carbons (Fsp3) is 0.350. The van der Waals surface area contributed by atoms with Gasteiger partial charge in [0.1, 0.15) is 5.75 Å². The van der Waals surface area contributed by atoms with Crippen molar-refractivity contribution in [2.75, 3.05) is 0 Å². The predicted molar refractivity (Wildman–Crippen MR) is 92.6 cm³/mol. The Labute approximate surface area is 138 Å². The zero-order valence-electron chi connectivity index (χ0n) is 14.2. The van der Waals surface area contributed by atoms with E-state index in [1.807, 2.05) is 38.1 Å². The Morgan fingerprint density at radius 1 is 0.957 bits per heavy atom. The van der Waals surface area contributed by atoms with Gasteiger partial charge in [0.25, 0.3) is 0 Å². The number of carbonyl (C=O) groups excluding carboxylic acids is 1. The standard InChI is InChI=1S/C20H24O3/c1-5-15(3)22-20(21)16(4)23-19-12-10-18(11-13-19)17-8-6-14(2)7-9-17/h6-13,15-16H,5H2,1-4H3/t15-,16-/m1/s1. The van der Waals surface area contributed by atoms with Crippen LogP contribution in [-0.2, 0) is 9.53 Å². The molecule has 0 aliphatic heterocycles. The van der Waals surface area contributed by atoms with Crippen LogP contribution in [0.3, 0.4) is 0 Å². The summed E-state index contributed by atoms with van der Waals surface area (Å²) in [7, 11) is 0. The first-order valence-corrected chi connectivity index (χ1v) is 8.04. The lowest BCUT2D eigenvalue weighted by Gasteiger charge is -2.17. The molecule has 0 fully saturated rings. The van der Waals surface area contributed by atoms with Gasteiger partial charge in [-0.15, -0.1) is 0 Å². The molecule has 0 aliphatic rings. The number of hydrogen-bond acceptors (Lipinski definition) is 3. The Hall–Kier alpha value is -2.29. The number of benzene rings is 2. The molecule has 0 bridgehead atoms. The minimum atomic E-state index is -0.616. The molecule has 3 nitrogen and oxygen atoms in total. The number of esters is 1. The summed E-state index contributed by atoms with van der Waals surface area (Å²) in [6, 6.07) is 16.1. The normalized spacial score (nSPS) is 13.2. The zero-order valence-corrected chi connectivity index (χ0v) is 14.2. The maximum absolute atomic E-state index is 11.9. The number of rotatable bonds is 6. The van der Waals surface area contributed by atoms with E-state index in [1.165, 1.54) is 5.56 Å². The van der Waals surface area contributed by atoms with Crippen LogP contribution in [0.2, 0.25) is 0 Å². The highest BCUT2D eigenvalue weighted by Gasteiger charge is 2.18. The monoisotopic (exact) mass is 312 g/mol. The molecule has 23 heavy (non-hydrogen) atoms. The molecule has 3 heteroatoms. The molecule has 2 aromatic rings. The third-order valence-corrected chi connectivity index (χ3v) is 3.78. The van der Waals surface area contributed by atoms with Crippen molar-refractivity contribution in [3.8, 4) is 16.9 Å². The van der Waals surface area contributed by atoms with Gasteiger partial charge in [-0.25, -0.2) is 4.79 Å². The molecular formula is C20H24O3. The molecule has 2 aromatic carbocycles. The van der Waals surface area contributed by atoms with E-state index in [4.69, 9.17) is 9.47 Å². The second kappa shape index (κ2) is 7.82. The minimum absolute atomic E-state index is 0.0857. The van der Waals surface area contributed by atoms with Crippen molar-refractivity contribution < 1.29 is 14.3 Å². The summed E-state index contributed by atoms with van der Waals surface area (Å²) in [6.07, 6.45) is 0.0932. The van der Waals surface area contributed by atoms with E-state index in [1.54, 1.807) is 6.92 Å². The smallest absolute Gasteiger partial charge is 0.347 e. The lowest BCUT2D eigenvalue weighted by Crippen LogP contribution is -2.29. The van der Waals surface area contributed by atoms with Gasteiger partial charge in [0.2, 0.25) is 0 Å². The molecule has 0 heterocycles. The van der Waals surface area contributed by atoms with Crippen molar-refractivity contribution in [1.82, 2.24) is 0 Å². The predicted octanol–water partition coefficient (Wildman–Crippen LogP) is 4.77. The van der Waals surface area contributed by atoms with Crippen molar-refractivity contribution in [2.45, 2.75) is 46.3 Å². The van der Waals surface area contributed by atoms with Crippen molar-refractivity contribution in [3.63, 3.8) is 0 Å². The Morgan fingerprint density at radius 3 is 2.00 bits per heavy atom. The molecule has 0 aromatic heterocycles. The van der Waals surface area contributed by atoms with Gasteiger partial charge in [0, 0.05) is 0 Å². The highest BCUT2D eigenvalue weighted by atomic mass is 16.6. The Morgan fingerprint density at radius 2 is 1.48 bits per heavy atom. The van der Waals surface area contributed by atoms with Crippen LogP contribution in [0.5, 0.6) is 5.75 Å². The molecule has 0 N–H and O–H groups in total. The van der Waals surface area contributed by atoms with Crippen LogP contribution in [-0.4, -0.2) is 18.2 Å². The van der Waals surface area contributed by atoms with Crippen LogP contribution in [0, 0.1) is 6.92 Å². The molecule has 0 saturated heterocycles. The second-order valence-corrected chi connectivity index (χ2v) is 5.81. The van der Waals surface area contributed by atoms with Crippen LogP contribution < -0.4 is 4.74 Å². The first kappa shape index (κ1) is 17.1. The van der Waals surface area contributed by atoms with Gasteiger partial charge in [-0.3, -0.25) is 0 Å². The van der Waals surface area contributed by atoms with E-state index in [0.29, 0.717) is 5.75 Å². The van der Waals surface area contributed by atoms with Crippen LogP contribution in [0.15, 0.2) is 48.5 Å². The van der Waals surface area contributed by atoms with Gasteiger partial charge < -0.3 is 9.47 Å². The summed E-state index contributed by atoms with van der Waals surface area (Å²) in [6.45, 7) is 7.63. The third kappa shape index (κ3) is 4.85. The molecule has 0 amide bonds. The summed E-state index contributed by atoms with van der Waals surface area (Å²) < 4.78 is 10.9. The fourth-order valence-corrected chi connectivity index (χ4v) is 2.10. The lowest BCUT2D eigenvalue weighted by atomic mass is 10.0. The van der Waals surface area contributed by atoms with E-state index in [2.05, 4.69) is 31.2 Å². The van der Waals surface area contributed by atoms with E-state index >= 15 is 0 Å². The quantitative estimate of drug-likeness (QED) is 0.721. The first-order chi connectivity index (χ1) is 11.0. The largest absolute Gasteiger partial charge is 0.479 e. The topological polar surface area (TPSA) is 35.5 Å². The third-order valence-electron chi connectivity index (χ3n) is 3.78. The average molecular weight is 312 g/mol. The molecule has 0 radical (unpaired) electrons. The zero-order chi connectivity index (χ0) is 16.8. The van der Waals surface area contributed by atoms with E-state index in [-0.39, 0.29) is 12.1 Å². The van der Waals surface area contributed by atoms with Gasteiger partial charge in [0.05, 0.1) is 6.10 Å². The summed E-state index contributed by atoms with van der Waals surface area (Å²) in [4.78, 5) is 11.9. The van der Waals surface area contributed by atoms with Gasteiger partial charge in [-0.05, 0) is 50.5 Å². The Kier molecular flexibility index (Phi) is 5.80. The van der Waals surface area contributed by atoms with Crippen molar-refractivity contribution >= 4 is 5.97 Å². The van der Waals surface area contributed by atoms with Crippen molar-refractivity contribution in [1.29, 1.82) is 0 Å². The van der Waals surface area contributed by atoms with Gasteiger partial charge in [-0.2, -0.15) is 0 Å². The molecular weight excluding hydrogens is 288 g/mol. The van der Waals surface area contributed by atoms with Crippen LogP contribution in [0.1, 0.15) is 32.8 Å². The lowest BCUT2D eigenvalue weighted by molar-refractivity contribution is -0.155. The Bertz CT molecular complexity index is 629. The van der Waals surface area contributed by atoms with Crippen LogP contribution in [0.4, 0.5) is 0 Å². The summed E-state index contributed by atoms with van der Waals surface area (Å²) in [5.41, 5.74) is 3.51. The number of carbonyl (C=O) groups is 1. The minimum Gasteiger partial charge on any atom is -0.479 e. The highest BCUT2D eigenvalue weighted by Crippen LogP contribution is 2.23. The SMILES string of the molecule is CC[C@@H](C)OC(=O)[C@@H](C)Oc1ccc(-c2ccc(C)cc2)cc1. The number of aryl methyl sites for hydroxylation is 1. The van der Waals surface area contributed by atoms with Gasteiger partial charge in [0.15, 0.2) is 6.10 Å². The first-order valence-electron chi connectivity index (χ1n) is 8.04. The second-order valence-electron chi connectivity index (χ2n) is 5.81. The van der Waals surface area contributed by atoms with Crippen LogP contribution >= 0.6 is 0 Å². The maximum atomic E-state index is 11.9. The van der Waals surface area contributed by atoms with E-state index in [9.17, 15) is 4.79 Å². The number of ether oxygens (including phenoxy) is 2. The summed E-state index contributed by atoms with van der Waals surface area (Å²) >= 11 is 0. The summed E-state index contributed by atoms with van der Waals surface area (Å²) in [5, 5.41) is 0. The fourth-order valence-electron chi connectivity index (χ4n) is 2.10. The van der Waals surface area contributed by atoms with Crippen molar-refractivity contribution in [3.05, 3.63) is 54.1 Å². The molecule has 122 valence electrons. The molecule has 2 rings (SSSR count). The van der Waals surface area contributed by atoms with Gasteiger partial charge in [-0.1, -0.05) is 48.9 Å². The molecule has 0 saturated carbocycles. The molecule has 0 unspecified atom stereocenters. The van der Waals surface area contributed by atoms with Crippen molar-refractivity contribution in [2.24, 2.45) is 0 Å². The number of hydrogen-bond donors (Lipinski definition) is 0. The van der Waals surface area contributed by atoms with Crippen LogP contribution in [0.25, 0.3) is 11.1 Å².